The Hall–Kier alpha value is -1.58. The topological polar surface area (TPSA) is 52.0 Å². The van der Waals surface area contributed by atoms with Crippen molar-refractivity contribution < 1.29 is 8.81 Å². The molecular formula is C13H15FN2O. The summed E-state index contributed by atoms with van der Waals surface area (Å²) in [5.41, 5.74) is 7.11. The number of benzene rings is 1. The molecule has 0 saturated heterocycles. The third-order valence-electron chi connectivity index (χ3n) is 3.45. The maximum atomic E-state index is 13.2. The van der Waals surface area contributed by atoms with Gasteiger partial charge in [-0.15, -0.1) is 0 Å². The number of hydrogen-bond acceptors (Lipinski definition) is 3. The van der Waals surface area contributed by atoms with E-state index in [2.05, 4.69) is 4.98 Å². The molecule has 1 saturated carbocycles. The van der Waals surface area contributed by atoms with Gasteiger partial charge in [0.25, 0.3) is 0 Å². The normalized spacial score (nSPS) is 17.7. The number of hydrogen-bond donors (Lipinski definition) is 1. The second kappa shape index (κ2) is 4.02. The van der Waals surface area contributed by atoms with Crippen LogP contribution in [0.4, 0.5) is 10.1 Å². The lowest BCUT2D eigenvalue weighted by Crippen LogP contribution is -2.04. The predicted molar refractivity (Wildman–Crippen MR) is 64.2 cm³/mol. The van der Waals surface area contributed by atoms with Crippen molar-refractivity contribution in [2.24, 2.45) is 0 Å². The Kier molecular flexibility index (Phi) is 2.50. The summed E-state index contributed by atoms with van der Waals surface area (Å²) < 4.78 is 18.9. The second-order valence-electron chi connectivity index (χ2n) is 4.73. The predicted octanol–water partition coefficient (Wildman–Crippen LogP) is 3.60. The highest BCUT2D eigenvalue weighted by Gasteiger charge is 2.21. The molecule has 1 aliphatic rings. The summed E-state index contributed by atoms with van der Waals surface area (Å²) >= 11 is 0. The van der Waals surface area contributed by atoms with Gasteiger partial charge < -0.3 is 10.2 Å². The molecule has 2 N–H and O–H groups in total. The van der Waals surface area contributed by atoms with Crippen molar-refractivity contribution in [1.82, 2.24) is 4.98 Å². The van der Waals surface area contributed by atoms with Crippen LogP contribution in [0, 0.1) is 5.82 Å². The third-order valence-corrected chi connectivity index (χ3v) is 3.45. The van der Waals surface area contributed by atoms with Gasteiger partial charge in [-0.2, -0.15) is 0 Å². The van der Waals surface area contributed by atoms with Crippen LogP contribution in [-0.4, -0.2) is 4.98 Å². The number of oxazole rings is 1. The lowest BCUT2D eigenvalue weighted by molar-refractivity contribution is 0.373. The molecule has 17 heavy (non-hydrogen) atoms. The maximum Gasteiger partial charge on any atom is 0.198 e. The van der Waals surface area contributed by atoms with E-state index >= 15 is 0 Å². The molecule has 4 heteroatoms. The largest absolute Gasteiger partial charge is 0.438 e. The third kappa shape index (κ3) is 1.88. The number of nitrogens with two attached hydrogens (primary N) is 1. The molecular weight excluding hydrogens is 219 g/mol. The van der Waals surface area contributed by atoms with Crippen molar-refractivity contribution in [3.8, 4) is 0 Å². The number of halogens is 1. The van der Waals surface area contributed by atoms with Gasteiger partial charge in [-0.3, -0.25) is 0 Å². The second-order valence-corrected chi connectivity index (χ2v) is 4.73. The van der Waals surface area contributed by atoms with E-state index in [1.54, 1.807) is 0 Å². The van der Waals surface area contributed by atoms with Crippen LogP contribution in [-0.2, 0) is 0 Å². The van der Waals surface area contributed by atoms with Gasteiger partial charge in [0.05, 0.1) is 5.69 Å². The zero-order valence-electron chi connectivity index (χ0n) is 9.58. The summed E-state index contributed by atoms with van der Waals surface area (Å²) in [5, 5.41) is 0. The first-order chi connectivity index (χ1) is 8.24. The van der Waals surface area contributed by atoms with Crippen molar-refractivity contribution in [3.63, 3.8) is 0 Å². The summed E-state index contributed by atoms with van der Waals surface area (Å²) in [6.45, 7) is 0. The van der Waals surface area contributed by atoms with E-state index in [9.17, 15) is 4.39 Å². The summed E-state index contributed by atoms with van der Waals surface area (Å²) in [6.07, 6.45) is 5.93. The van der Waals surface area contributed by atoms with Crippen LogP contribution < -0.4 is 5.73 Å². The Bertz CT molecular complexity index is 544. The van der Waals surface area contributed by atoms with Gasteiger partial charge >= 0.3 is 0 Å². The first kappa shape index (κ1) is 10.6. The molecule has 0 unspecified atom stereocenters. The van der Waals surface area contributed by atoms with Crippen molar-refractivity contribution in [1.29, 1.82) is 0 Å². The quantitative estimate of drug-likeness (QED) is 0.767. The molecule has 3 nitrogen and oxygen atoms in total. The van der Waals surface area contributed by atoms with Crippen LogP contribution in [0.25, 0.3) is 11.1 Å². The standard InChI is InChI=1S/C13H15FN2O/c14-9-6-10(15)12-11(7-9)16-13(17-12)8-4-2-1-3-5-8/h6-8H,1-5,15H2. The van der Waals surface area contributed by atoms with Gasteiger partial charge in [0.2, 0.25) is 0 Å². The van der Waals surface area contributed by atoms with Crippen molar-refractivity contribution in [2.75, 3.05) is 5.73 Å². The highest BCUT2D eigenvalue weighted by molar-refractivity contribution is 5.84. The van der Waals surface area contributed by atoms with Crippen LogP contribution in [0.2, 0.25) is 0 Å². The number of anilines is 1. The Morgan fingerprint density at radius 2 is 2.00 bits per heavy atom. The van der Waals surface area contributed by atoms with Gasteiger partial charge in [0.1, 0.15) is 11.3 Å². The molecule has 90 valence electrons. The van der Waals surface area contributed by atoms with E-state index in [4.69, 9.17) is 10.2 Å². The summed E-state index contributed by atoms with van der Waals surface area (Å²) in [7, 11) is 0. The number of rotatable bonds is 1. The fourth-order valence-corrected chi connectivity index (χ4v) is 2.56. The van der Waals surface area contributed by atoms with Crippen LogP contribution >= 0.6 is 0 Å². The fourth-order valence-electron chi connectivity index (χ4n) is 2.56. The average molecular weight is 234 g/mol. The van der Waals surface area contributed by atoms with Crippen molar-refractivity contribution in [2.45, 2.75) is 38.0 Å². The number of fused-ring (bicyclic) bond motifs is 1. The molecule has 1 heterocycles. The van der Waals surface area contributed by atoms with E-state index in [0.717, 1.165) is 18.7 Å². The smallest absolute Gasteiger partial charge is 0.198 e. The van der Waals surface area contributed by atoms with E-state index in [0.29, 0.717) is 22.7 Å². The lowest BCUT2D eigenvalue weighted by atomic mass is 9.89. The van der Waals surface area contributed by atoms with E-state index in [-0.39, 0.29) is 5.82 Å². The summed E-state index contributed by atoms with van der Waals surface area (Å²) in [5.74, 6) is 0.731. The van der Waals surface area contributed by atoms with E-state index in [1.165, 1.54) is 31.4 Å². The summed E-state index contributed by atoms with van der Waals surface area (Å²) in [4.78, 5) is 4.37. The van der Waals surface area contributed by atoms with Gasteiger partial charge in [0, 0.05) is 18.1 Å². The average Bonchev–Trinajstić information content (AvgIpc) is 2.74. The number of nitrogen functional groups attached to an aromatic ring is 1. The van der Waals surface area contributed by atoms with Gasteiger partial charge in [0.15, 0.2) is 11.5 Å². The molecule has 0 bridgehead atoms. The van der Waals surface area contributed by atoms with Crippen LogP contribution in [0.1, 0.15) is 43.9 Å². The Labute approximate surface area is 98.8 Å². The molecule has 1 aromatic carbocycles. The molecule has 1 fully saturated rings. The number of aromatic nitrogens is 1. The minimum absolute atomic E-state index is 0.328. The van der Waals surface area contributed by atoms with Gasteiger partial charge in [-0.25, -0.2) is 9.37 Å². The lowest BCUT2D eigenvalue weighted by Gasteiger charge is -2.17. The molecule has 0 radical (unpaired) electrons. The Morgan fingerprint density at radius 3 is 2.76 bits per heavy atom. The van der Waals surface area contributed by atoms with Crippen molar-refractivity contribution >= 4 is 16.8 Å². The molecule has 0 aliphatic heterocycles. The molecule has 0 atom stereocenters. The molecule has 1 aromatic heterocycles. The van der Waals surface area contributed by atoms with Crippen LogP contribution in [0.5, 0.6) is 0 Å². The summed E-state index contributed by atoms with van der Waals surface area (Å²) in [6, 6.07) is 2.65. The highest BCUT2D eigenvalue weighted by Crippen LogP contribution is 2.35. The molecule has 1 aliphatic carbocycles. The molecule has 0 amide bonds. The number of nitrogens with zero attached hydrogens (tertiary/aromatic N) is 1. The monoisotopic (exact) mass is 234 g/mol. The molecule has 2 aromatic rings. The molecule has 0 spiro atoms. The van der Waals surface area contributed by atoms with Crippen LogP contribution in [0.3, 0.4) is 0 Å². The Morgan fingerprint density at radius 1 is 1.24 bits per heavy atom. The first-order valence-corrected chi connectivity index (χ1v) is 6.09. The minimum atomic E-state index is -0.363. The van der Waals surface area contributed by atoms with Gasteiger partial charge in [-0.1, -0.05) is 19.3 Å². The van der Waals surface area contributed by atoms with Crippen LogP contribution in [0.15, 0.2) is 16.5 Å². The first-order valence-electron chi connectivity index (χ1n) is 6.09. The fraction of sp³-hybridized carbons (Fsp3) is 0.462. The van der Waals surface area contributed by atoms with Gasteiger partial charge in [-0.05, 0) is 12.8 Å². The van der Waals surface area contributed by atoms with E-state index in [1.807, 2.05) is 0 Å². The SMILES string of the molecule is Nc1cc(F)cc2nc(C3CCCCC3)oc12. The van der Waals surface area contributed by atoms with Crippen molar-refractivity contribution in [3.05, 3.63) is 23.8 Å². The Balaban J connectivity index is 2.03. The zero-order valence-corrected chi connectivity index (χ0v) is 9.58. The highest BCUT2D eigenvalue weighted by atomic mass is 19.1. The molecule has 3 rings (SSSR count). The minimum Gasteiger partial charge on any atom is -0.438 e. The maximum absolute atomic E-state index is 13.2. The zero-order chi connectivity index (χ0) is 11.8. The van der Waals surface area contributed by atoms with E-state index < -0.39 is 0 Å².